The van der Waals surface area contributed by atoms with Crippen molar-refractivity contribution >= 4 is 0 Å². The van der Waals surface area contributed by atoms with E-state index in [2.05, 4.69) is 0 Å². The fourth-order valence-electron chi connectivity index (χ4n) is 1.32. The molecule has 0 aromatic heterocycles. The minimum absolute atomic E-state index is 0.0749. The van der Waals surface area contributed by atoms with E-state index in [-0.39, 0.29) is 12.6 Å². The van der Waals surface area contributed by atoms with Crippen LogP contribution in [0.25, 0.3) is 0 Å². The Bertz CT molecular complexity index is 136. The SMILES string of the molecule is C(CCOC1CCO1)COC1CCO1. The highest BCUT2D eigenvalue weighted by molar-refractivity contribution is 4.56. The Balaban J connectivity index is 1.32. The Morgan fingerprint density at radius 3 is 1.57 bits per heavy atom. The zero-order valence-corrected chi connectivity index (χ0v) is 8.44. The van der Waals surface area contributed by atoms with Gasteiger partial charge in [-0.1, -0.05) is 0 Å². The molecule has 2 aliphatic rings. The second-order valence-electron chi connectivity index (χ2n) is 3.63. The van der Waals surface area contributed by atoms with Gasteiger partial charge in [0.05, 0.1) is 13.2 Å². The van der Waals surface area contributed by atoms with E-state index in [0.29, 0.717) is 0 Å². The van der Waals surface area contributed by atoms with Gasteiger partial charge in [0.1, 0.15) is 0 Å². The normalized spacial score (nSPS) is 30.9. The third-order valence-electron chi connectivity index (χ3n) is 2.46. The molecule has 82 valence electrons. The zero-order chi connectivity index (χ0) is 9.64. The average molecular weight is 202 g/mol. The van der Waals surface area contributed by atoms with Crippen molar-refractivity contribution in [2.75, 3.05) is 26.4 Å². The summed E-state index contributed by atoms with van der Waals surface area (Å²) in [4.78, 5) is 0. The molecule has 2 aliphatic heterocycles. The minimum Gasteiger partial charge on any atom is -0.353 e. The molecule has 0 amide bonds. The molecule has 2 unspecified atom stereocenters. The summed E-state index contributed by atoms with van der Waals surface area (Å²) in [6.07, 6.45) is 4.31. The molecule has 0 aromatic rings. The summed E-state index contributed by atoms with van der Waals surface area (Å²) < 4.78 is 21.1. The van der Waals surface area contributed by atoms with Crippen LogP contribution in [0.1, 0.15) is 25.7 Å². The van der Waals surface area contributed by atoms with Crippen LogP contribution in [0.3, 0.4) is 0 Å². The Hall–Kier alpha value is -0.160. The van der Waals surface area contributed by atoms with E-state index in [1.165, 1.54) is 0 Å². The van der Waals surface area contributed by atoms with Crippen molar-refractivity contribution in [1.29, 1.82) is 0 Å². The topological polar surface area (TPSA) is 36.9 Å². The highest BCUT2D eigenvalue weighted by Gasteiger charge is 2.19. The second-order valence-corrected chi connectivity index (χ2v) is 3.63. The third kappa shape index (κ3) is 3.20. The first-order valence-electron chi connectivity index (χ1n) is 5.41. The van der Waals surface area contributed by atoms with Crippen LogP contribution in [-0.2, 0) is 18.9 Å². The van der Waals surface area contributed by atoms with Gasteiger partial charge in [-0.25, -0.2) is 0 Å². The van der Waals surface area contributed by atoms with E-state index in [1.54, 1.807) is 0 Å². The number of hydrogen-bond donors (Lipinski definition) is 0. The summed E-state index contributed by atoms with van der Waals surface area (Å²) in [7, 11) is 0. The monoisotopic (exact) mass is 202 g/mol. The summed E-state index contributed by atoms with van der Waals surface area (Å²) in [5.41, 5.74) is 0. The van der Waals surface area contributed by atoms with E-state index in [9.17, 15) is 0 Å². The molecule has 14 heavy (non-hydrogen) atoms. The third-order valence-corrected chi connectivity index (χ3v) is 2.46. The van der Waals surface area contributed by atoms with E-state index in [0.717, 1.165) is 52.1 Å². The lowest BCUT2D eigenvalue weighted by molar-refractivity contribution is -0.221. The van der Waals surface area contributed by atoms with Gasteiger partial charge in [-0.15, -0.1) is 0 Å². The fraction of sp³-hybridized carbons (Fsp3) is 1.00. The van der Waals surface area contributed by atoms with Crippen molar-refractivity contribution in [3.05, 3.63) is 0 Å². The van der Waals surface area contributed by atoms with Crippen molar-refractivity contribution in [1.82, 2.24) is 0 Å². The maximum Gasteiger partial charge on any atom is 0.159 e. The van der Waals surface area contributed by atoms with Crippen molar-refractivity contribution in [2.45, 2.75) is 38.3 Å². The Morgan fingerprint density at radius 2 is 1.29 bits per heavy atom. The van der Waals surface area contributed by atoms with Crippen LogP contribution in [0, 0.1) is 0 Å². The molecule has 0 saturated carbocycles. The molecular formula is C10H18O4. The average Bonchev–Trinajstić information content (AvgIpc) is 2.03. The molecule has 0 spiro atoms. The summed E-state index contributed by atoms with van der Waals surface area (Å²) in [6.45, 7) is 3.26. The van der Waals surface area contributed by atoms with E-state index in [1.807, 2.05) is 0 Å². The van der Waals surface area contributed by atoms with Crippen LogP contribution in [0.2, 0.25) is 0 Å². The van der Waals surface area contributed by atoms with Crippen LogP contribution >= 0.6 is 0 Å². The highest BCUT2D eigenvalue weighted by Crippen LogP contribution is 2.14. The lowest BCUT2D eigenvalue weighted by Gasteiger charge is -2.27. The van der Waals surface area contributed by atoms with E-state index < -0.39 is 0 Å². The van der Waals surface area contributed by atoms with Crippen molar-refractivity contribution in [3.8, 4) is 0 Å². The van der Waals surface area contributed by atoms with E-state index in [4.69, 9.17) is 18.9 Å². The Kier molecular flexibility index (Phi) is 4.19. The molecule has 2 saturated heterocycles. The van der Waals surface area contributed by atoms with Crippen LogP contribution in [0.15, 0.2) is 0 Å². The fourth-order valence-corrected chi connectivity index (χ4v) is 1.32. The molecule has 4 heteroatoms. The minimum atomic E-state index is 0.0749. The number of hydrogen-bond acceptors (Lipinski definition) is 4. The predicted octanol–water partition coefficient (Wildman–Crippen LogP) is 1.29. The summed E-state index contributed by atoms with van der Waals surface area (Å²) in [5, 5.41) is 0. The first-order chi connectivity index (χ1) is 6.95. The van der Waals surface area contributed by atoms with Crippen LogP contribution in [0.4, 0.5) is 0 Å². The van der Waals surface area contributed by atoms with Gasteiger partial charge in [-0.05, 0) is 12.8 Å². The summed E-state index contributed by atoms with van der Waals surface area (Å²) in [5.74, 6) is 0. The van der Waals surface area contributed by atoms with Crippen molar-refractivity contribution < 1.29 is 18.9 Å². The first-order valence-corrected chi connectivity index (χ1v) is 5.41. The van der Waals surface area contributed by atoms with Crippen molar-refractivity contribution in [3.63, 3.8) is 0 Å². The number of ether oxygens (including phenoxy) is 4. The number of rotatable bonds is 7. The highest BCUT2D eigenvalue weighted by atomic mass is 16.7. The largest absolute Gasteiger partial charge is 0.353 e. The van der Waals surface area contributed by atoms with Gasteiger partial charge in [0.15, 0.2) is 12.6 Å². The molecule has 2 rings (SSSR count). The van der Waals surface area contributed by atoms with E-state index >= 15 is 0 Å². The molecular weight excluding hydrogens is 184 g/mol. The maximum absolute atomic E-state index is 5.42. The Morgan fingerprint density at radius 1 is 0.857 bits per heavy atom. The molecule has 0 radical (unpaired) electrons. The van der Waals surface area contributed by atoms with Gasteiger partial charge in [0.25, 0.3) is 0 Å². The molecule has 2 atom stereocenters. The zero-order valence-electron chi connectivity index (χ0n) is 8.44. The molecule has 0 bridgehead atoms. The van der Waals surface area contributed by atoms with Gasteiger partial charge >= 0.3 is 0 Å². The van der Waals surface area contributed by atoms with Crippen LogP contribution < -0.4 is 0 Å². The predicted molar refractivity (Wildman–Crippen MR) is 49.9 cm³/mol. The van der Waals surface area contributed by atoms with Gasteiger partial charge in [-0.3, -0.25) is 0 Å². The number of unbranched alkanes of at least 4 members (excludes halogenated alkanes) is 1. The first kappa shape index (κ1) is 10.4. The van der Waals surface area contributed by atoms with Gasteiger partial charge in [0.2, 0.25) is 0 Å². The molecule has 2 fully saturated rings. The second kappa shape index (κ2) is 5.66. The Labute approximate surface area is 84.5 Å². The van der Waals surface area contributed by atoms with Crippen LogP contribution in [-0.4, -0.2) is 39.0 Å². The smallest absolute Gasteiger partial charge is 0.159 e. The maximum atomic E-state index is 5.42. The molecule has 0 aliphatic carbocycles. The molecule has 2 heterocycles. The van der Waals surface area contributed by atoms with Gasteiger partial charge in [0, 0.05) is 26.1 Å². The van der Waals surface area contributed by atoms with Gasteiger partial charge in [-0.2, -0.15) is 0 Å². The lowest BCUT2D eigenvalue weighted by Crippen LogP contribution is -2.30. The van der Waals surface area contributed by atoms with Gasteiger partial charge < -0.3 is 18.9 Å². The standard InChI is InChI=1S/C10H18O4/c1(5-11-9-3-7-13-9)2-6-12-10-4-8-14-10/h9-10H,1-8H2. The molecule has 4 nitrogen and oxygen atoms in total. The summed E-state index contributed by atoms with van der Waals surface area (Å²) >= 11 is 0. The quantitative estimate of drug-likeness (QED) is 0.583. The molecule has 0 N–H and O–H groups in total. The van der Waals surface area contributed by atoms with Crippen LogP contribution in [0.5, 0.6) is 0 Å². The van der Waals surface area contributed by atoms with Crippen molar-refractivity contribution in [2.24, 2.45) is 0 Å². The molecule has 0 aromatic carbocycles. The summed E-state index contributed by atoms with van der Waals surface area (Å²) in [6, 6.07) is 0. The lowest BCUT2D eigenvalue weighted by atomic mass is 10.3.